The van der Waals surface area contributed by atoms with E-state index in [4.69, 9.17) is 9.47 Å². The van der Waals surface area contributed by atoms with E-state index in [0.717, 1.165) is 5.56 Å². The van der Waals surface area contributed by atoms with Gasteiger partial charge in [0.15, 0.2) is 6.79 Å². The predicted octanol–water partition coefficient (Wildman–Crippen LogP) is 2.43. The van der Waals surface area contributed by atoms with Gasteiger partial charge in [-0.3, -0.25) is 0 Å². The molecule has 0 heterocycles. The smallest absolute Gasteiger partial charge is 0.188 e. The SMILES string of the molecule is COCOc1ccc(F)c(C)c1C. The Kier molecular flexibility index (Phi) is 3.25. The zero-order valence-corrected chi connectivity index (χ0v) is 8.06. The molecule has 0 aliphatic rings. The first-order valence-corrected chi connectivity index (χ1v) is 4.04. The van der Waals surface area contributed by atoms with Crippen LogP contribution in [-0.4, -0.2) is 13.9 Å². The second-order valence-electron chi connectivity index (χ2n) is 2.85. The van der Waals surface area contributed by atoms with Crippen molar-refractivity contribution in [2.24, 2.45) is 0 Å². The van der Waals surface area contributed by atoms with E-state index < -0.39 is 0 Å². The van der Waals surface area contributed by atoms with E-state index in [2.05, 4.69) is 0 Å². The first kappa shape index (κ1) is 9.99. The van der Waals surface area contributed by atoms with Gasteiger partial charge in [0.25, 0.3) is 0 Å². The van der Waals surface area contributed by atoms with Crippen molar-refractivity contribution in [3.05, 3.63) is 29.1 Å². The summed E-state index contributed by atoms with van der Waals surface area (Å²) in [5.41, 5.74) is 1.44. The molecule has 0 aliphatic heterocycles. The van der Waals surface area contributed by atoms with Crippen molar-refractivity contribution in [1.82, 2.24) is 0 Å². The Bertz CT molecular complexity index is 297. The van der Waals surface area contributed by atoms with Gasteiger partial charge in [0.2, 0.25) is 0 Å². The van der Waals surface area contributed by atoms with Crippen LogP contribution in [0.4, 0.5) is 4.39 Å². The summed E-state index contributed by atoms with van der Waals surface area (Å²) in [5.74, 6) is 0.461. The number of ether oxygens (including phenoxy) is 2. The summed E-state index contributed by atoms with van der Waals surface area (Å²) in [6.45, 7) is 3.74. The maximum Gasteiger partial charge on any atom is 0.188 e. The van der Waals surface area contributed by atoms with E-state index in [9.17, 15) is 4.39 Å². The molecule has 3 heteroatoms. The van der Waals surface area contributed by atoms with Crippen LogP contribution in [0.5, 0.6) is 5.75 Å². The lowest BCUT2D eigenvalue weighted by Crippen LogP contribution is -2.01. The molecule has 0 N–H and O–H groups in total. The average Bonchev–Trinajstić information content (AvgIpc) is 2.13. The Labute approximate surface area is 77.3 Å². The van der Waals surface area contributed by atoms with Crippen molar-refractivity contribution in [2.45, 2.75) is 13.8 Å². The van der Waals surface area contributed by atoms with Gasteiger partial charge in [-0.25, -0.2) is 4.39 Å². The molecule has 72 valence electrons. The minimum absolute atomic E-state index is 0.186. The van der Waals surface area contributed by atoms with Gasteiger partial charge in [-0.1, -0.05) is 0 Å². The predicted molar refractivity (Wildman–Crippen MR) is 48.4 cm³/mol. The van der Waals surface area contributed by atoms with Gasteiger partial charge in [-0.2, -0.15) is 0 Å². The molecule has 0 spiro atoms. The Hall–Kier alpha value is -1.09. The van der Waals surface area contributed by atoms with E-state index in [1.54, 1.807) is 20.1 Å². The van der Waals surface area contributed by atoms with Crippen molar-refractivity contribution < 1.29 is 13.9 Å². The summed E-state index contributed by atoms with van der Waals surface area (Å²) in [6.07, 6.45) is 0. The van der Waals surface area contributed by atoms with Crippen LogP contribution in [0.25, 0.3) is 0 Å². The number of rotatable bonds is 3. The third-order valence-corrected chi connectivity index (χ3v) is 2.00. The standard InChI is InChI=1S/C10H13FO2/c1-7-8(2)10(13-6-12-3)5-4-9(7)11/h4-5H,6H2,1-3H3. The lowest BCUT2D eigenvalue weighted by molar-refractivity contribution is 0.0505. The van der Waals surface area contributed by atoms with E-state index in [-0.39, 0.29) is 12.6 Å². The zero-order chi connectivity index (χ0) is 9.84. The molecule has 0 unspecified atom stereocenters. The Morgan fingerprint density at radius 3 is 2.54 bits per heavy atom. The van der Waals surface area contributed by atoms with Gasteiger partial charge in [0.1, 0.15) is 11.6 Å². The van der Waals surface area contributed by atoms with E-state index >= 15 is 0 Å². The molecular weight excluding hydrogens is 171 g/mol. The first-order chi connectivity index (χ1) is 6.16. The normalized spacial score (nSPS) is 10.2. The third-order valence-electron chi connectivity index (χ3n) is 2.00. The van der Waals surface area contributed by atoms with Crippen LogP contribution in [-0.2, 0) is 4.74 Å². The van der Waals surface area contributed by atoms with E-state index in [0.29, 0.717) is 11.3 Å². The summed E-state index contributed by atoms with van der Waals surface area (Å²) in [7, 11) is 1.55. The summed E-state index contributed by atoms with van der Waals surface area (Å²) >= 11 is 0. The number of hydrogen-bond acceptors (Lipinski definition) is 2. The van der Waals surface area contributed by atoms with Gasteiger partial charge in [0.05, 0.1) is 0 Å². The van der Waals surface area contributed by atoms with E-state index in [1.165, 1.54) is 6.07 Å². The van der Waals surface area contributed by atoms with Crippen LogP contribution < -0.4 is 4.74 Å². The van der Waals surface area contributed by atoms with Crippen molar-refractivity contribution >= 4 is 0 Å². The van der Waals surface area contributed by atoms with Crippen molar-refractivity contribution in [2.75, 3.05) is 13.9 Å². The molecule has 0 amide bonds. The van der Waals surface area contributed by atoms with Gasteiger partial charge >= 0.3 is 0 Å². The van der Waals surface area contributed by atoms with Crippen LogP contribution in [0, 0.1) is 19.7 Å². The number of benzene rings is 1. The van der Waals surface area contributed by atoms with Crippen LogP contribution in [0.2, 0.25) is 0 Å². The second-order valence-corrected chi connectivity index (χ2v) is 2.85. The lowest BCUT2D eigenvalue weighted by atomic mass is 10.1. The molecule has 1 aromatic rings. The maximum atomic E-state index is 13.0. The highest BCUT2D eigenvalue weighted by Crippen LogP contribution is 2.22. The lowest BCUT2D eigenvalue weighted by Gasteiger charge is -2.10. The maximum absolute atomic E-state index is 13.0. The van der Waals surface area contributed by atoms with Gasteiger partial charge < -0.3 is 9.47 Å². The largest absolute Gasteiger partial charge is 0.467 e. The summed E-state index contributed by atoms with van der Waals surface area (Å²) in [5, 5.41) is 0. The van der Waals surface area contributed by atoms with Crippen LogP contribution in [0.3, 0.4) is 0 Å². The Morgan fingerprint density at radius 1 is 1.23 bits per heavy atom. The molecule has 0 radical (unpaired) electrons. The summed E-state index contributed by atoms with van der Waals surface area (Å²) < 4.78 is 23.0. The van der Waals surface area contributed by atoms with Crippen LogP contribution in [0.1, 0.15) is 11.1 Å². The molecule has 0 atom stereocenters. The molecular formula is C10H13FO2. The Balaban J connectivity index is 2.90. The molecule has 0 saturated heterocycles. The molecule has 13 heavy (non-hydrogen) atoms. The molecule has 2 nitrogen and oxygen atoms in total. The topological polar surface area (TPSA) is 18.5 Å². The fourth-order valence-corrected chi connectivity index (χ4v) is 1.04. The fraction of sp³-hybridized carbons (Fsp3) is 0.400. The molecule has 0 aromatic heterocycles. The molecule has 0 bridgehead atoms. The van der Waals surface area contributed by atoms with Crippen molar-refractivity contribution in [3.8, 4) is 5.75 Å². The van der Waals surface area contributed by atoms with Crippen LogP contribution in [0.15, 0.2) is 12.1 Å². The van der Waals surface area contributed by atoms with Gasteiger partial charge in [-0.15, -0.1) is 0 Å². The van der Waals surface area contributed by atoms with Crippen molar-refractivity contribution in [1.29, 1.82) is 0 Å². The Morgan fingerprint density at radius 2 is 1.92 bits per heavy atom. The third kappa shape index (κ3) is 2.18. The monoisotopic (exact) mass is 184 g/mol. The van der Waals surface area contributed by atoms with Crippen LogP contribution >= 0.6 is 0 Å². The number of halogens is 1. The minimum Gasteiger partial charge on any atom is -0.467 e. The molecule has 0 aliphatic carbocycles. The highest BCUT2D eigenvalue weighted by molar-refractivity contribution is 5.39. The summed E-state index contributed by atoms with van der Waals surface area (Å²) in [6, 6.07) is 3.00. The second kappa shape index (κ2) is 4.23. The number of hydrogen-bond donors (Lipinski definition) is 0. The van der Waals surface area contributed by atoms with Gasteiger partial charge in [0, 0.05) is 7.11 Å². The quantitative estimate of drug-likeness (QED) is 0.672. The highest BCUT2D eigenvalue weighted by Gasteiger charge is 2.06. The number of methoxy groups -OCH3 is 1. The fourth-order valence-electron chi connectivity index (χ4n) is 1.04. The zero-order valence-electron chi connectivity index (χ0n) is 8.06. The van der Waals surface area contributed by atoms with Crippen molar-refractivity contribution in [3.63, 3.8) is 0 Å². The molecule has 0 saturated carbocycles. The molecule has 1 aromatic carbocycles. The summed E-state index contributed by atoms with van der Waals surface area (Å²) in [4.78, 5) is 0. The average molecular weight is 184 g/mol. The molecule has 0 fully saturated rings. The first-order valence-electron chi connectivity index (χ1n) is 4.04. The molecule has 1 rings (SSSR count). The van der Waals surface area contributed by atoms with Gasteiger partial charge in [-0.05, 0) is 37.1 Å². The minimum atomic E-state index is -0.206. The van der Waals surface area contributed by atoms with E-state index in [1.807, 2.05) is 6.92 Å². The highest BCUT2D eigenvalue weighted by atomic mass is 19.1.